The van der Waals surface area contributed by atoms with Gasteiger partial charge in [0, 0.05) is 23.5 Å². The largest absolute Gasteiger partial charge is 0.481 e. The predicted molar refractivity (Wildman–Crippen MR) is 113 cm³/mol. The first-order valence-electron chi connectivity index (χ1n) is 9.96. The molecular weight excluding hydrogens is 404 g/mol. The quantitative estimate of drug-likeness (QED) is 0.301. The highest BCUT2D eigenvalue weighted by Crippen LogP contribution is 2.18. The van der Waals surface area contributed by atoms with Crippen molar-refractivity contribution in [2.45, 2.75) is 51.2 Å². The Morgan fingerprint density at radius 2 is 1.74 bits per heavy atom. The monoisotopic (exact) mass is 432 g/mol. The molecule has 168 valence electrons. The lowest BCUT2D eigenvalue weighted by Gasteiger charge is -2.24. The summed E-state index contributed by atoms with van der Waals surface area (Å²) in [6.45, 7) is 3.25. The van der Waals surface area contributed by atoms with E-state index in [1.54, 1.807) is 20.0 Å². The van der Waals surface area contributed by atoms with E-state index >= 15 is 0 Å². The average Bonchev–Trinajstić information content (AvgIpc) is 3.11. The molecule has 0 aliphatic carbocycles. The lowest BCUT2D eigenvalue weighted by Crippen LogP contribution is -2.55. The summed E-state index contributed by atoms with van der Waals surface area (Å²) in [7, 11) is 0. The molecule has 10 heteroatoms. The molecule has 0 unspecified atom stereocenters. The summed E-state index contributed by atoms with van der Waals surface area (Å²) < 4.78 is 0. The van der Waals surface area contributed by atoms with E-state index in [1.807, 2.05) is 24.3 Å². The number of nitrogens with two attached hydrogens (primary N) is 1. The number of benzene rings is 1. The van der Waals surface area contributed by atoms with E-state index < -0.39 is 47.8 Å². The van der Waals surface area contributed by atoms with Crippen molar-refractivity contribution in [3.8, 4) is 0 Å². The Bertz CT molecular complexity index is 954. The Labute approximate surface area is 179 Å². The predicted octanol–water partition coefficient (Wildman–Crippen LogP) is 0.613. The van der Waals surface area contributed by atoms with Gasteiger partial charge in [-0.05, 0) is 30.4 Å². The Hall–Kier alpha value is -3.40. The molecule has 7 N–H and O–H groups in total. The van der Waals surface area contributed by atoms with Gasteiger partial charge in [0.25, 0.3) is 0 Å². The van der Waals surface area contributed by atoms with Crippen LogP contribution >= 0.6 is 0 Å². The van der Waals surface area contributed by atoms with Gasteiger partial charge in [0.1, 0.15) is 12.1 Å². The molecule has 10 nitrogen and oxygen atoms in total. The summed E-state index contributed by atoms with van der Waals surface area (Å²) in [5.74, 6) is -4.17. The average molecular weight is 432 g/mol. The van der Waals surface area contributed by atoms with E-state index in [2.05, 4.69) is 15.6 Å². The fourth-order valence-corrected chi connectivity index (χ4v) is 3.21. The van der Waals surface area contributed by atoms with Crippen LogP contribution in [0.3, 0.4) is 0 Å². The smallest absolute Gasteiger partial charge is 0.326 e. The van der Waals surface area contributed by atoms with Crippen molar-refractivity contribution in [2.75, 3.05) is 0 Å². The molecule has 31 heavy (non-hydrogen) atoms. The Balaban J connectivity index is 2.09. The first kappa shape index (κ1) is 23.9. The number of carboxylic acid groups (broad SMARTS) is 2. The number of carbonyl (C=O) groups is 4. The minimum atomic E-state index is -1.22. The first-order valence-corrected chi connectivity index (χ1v) is 9.96. The number of carbonyl (C=O) groups excluding carboxylic acids is 2. The molecule has 0 radical (unpaired) electrons. The van der Waals surface area contributed by atoms with Crippen molar-refractivity contribution in [2.24, 2.45) is 11.7 Å². The van der Waals surface area contributed by atoms with Crippen LogP contribution in [0.15, 0.2) is 30.5 Å². The van der Waals surface area contributed by atoms with Crippen molar-refractivity contribution < 1.29 is 29.4 Å². The Morgan fingerprint density at radius 1 is 1.06 bits per heavy atom. The van der Waals surface area contributed by atoms with Gasteiger partial charge in [-0.1, -0.05) is 32.0 Å². The van der Waals surface area contributed by atoms with Crippen LogP contribution in [0.4, 0.5) is 0 Å². The van der Waals surface area contributed by atoms with E-state index in [9.17, 15) is 24.3 Å². The van der Waals surface area contributed by atoms with Gasteiger partial charge in [-0.3, -0.25) is 14.4 Å². The van der Waals surface area contributed by atoms with Crippen LogP contribution in [0.2, 0.25) is 0 Å². The molecule has 0 aliphatic heterocycles. The minimum Gasteiger partial charge on any atom is -0.481 e. The zero-order valence-corrected chi connectivity index (χ0v) is 17.4. The summed E-state index contributed by atoms with van der Waals surface area (Å²) in [6, 6.07) is 4.15. The zero-order chi connectivity index (χ0) is 23.1. The number of hydrogen-bond acceptors (Lipinski definition) is 5. The van der Waals surface area contributed by atoms with Gasteiger partial charge in [0.05, 0.1) is 6.04 Å². The number of aromatic amines is 1. The topological polar surface area (TPSA) is 175 Å². The van der Waals surface area contributed by atoms with Gasteiger partial charge in [-0.15, -0.1) is 0 Å². The SMILES string of the molecule is CC(C)[C@H](NC(=O)[C@@H](CCC(=O)O)NC(=O)[C@H](N)Cc1c[nH]c2ccccc12)C(=O)O. The van der Waals surface area contributed by atoms with Gasteiger partial charge < -0.3 is 31.6 Å². The number of H-pyrrole nitrogens is 1. The molecule has 0 aliphatic rings. The van der Waals surface area contributed by atoms with Crippen molar-refractivity contribution in [1.82, 2.24) is 15.6 Å². The lowest BCUT2D eigenvalue weighted by atomic mass is 10.0. The molecule has 2 aromatic rings. The number of aliphatic carboxylic acids is 2. The molecule has 2 amide bonds. The minimum absolute atomic E-state index is 0.197. The lowest BCUT2D eigenvalue weighted by molar-refractivity contribution is -0.144. The van der Waals surface area contributed by atoms with Gasteiger partial charge in [-0.25, -0.2) is 4.79 Å². The van der Waals surface area contributed by atoms with E-state index in [4.69, 9.17) is 10.8 Å². The van der Waals surface area contributed by atoms with Crippen LogP contribution in [0.5, 0.6) is 0 Å². The summed E-state index contributed by atoms with van der Waals surface area (Å²) in [6.07, 6.45) is 1.38. The third kappa shape index (κ3) is 6.54. The number of amides is 2. The first-order chi connectivity index (χ1) is 14.6. The maximum Gasteiger partial charge on any atom is 0.326 e. The van der Waals surface area contributed by atoms with E-state index in [-0.39, 0.29) is 19.3 Å². The van der Waals surface area contributed by atoms with Crippen molar-refractivity contribution in [3.05, 3.63) is 36.0 Å². The van der Waals surface area contributed by atoms with Crippen LogP contribution in [0, 0.1) is 5.92 Å². The number of fused-ring (bicyclic) bond motifs is 1. The molecule has 1 heterocycles. The summed E-state index contributed by atoms with van der Waals surface area (Å²) in [5, 5.41) is 24.0. The summed E-state index contributed by atoms with van der Waals surface area (Å²) in [5.41, 5.74) is 7.76. The van der Waals surface area contributed by atoms with E-state index in [0.29, 0.717) is 0 Å². The maximum absolute atomic E-state index is 12.6. The fourth-order valence-electron chi connectivity index (χ4n) is 3.21. The van der Waals surface area contributed by atoms with Crippen LogP contribution in [-0.4, -0.2) is 57.1 Å². The second-order valence-corrected chi connectivity index (χ2v) is 7.73. The van der Waals surface area contributed by atoms with Crippen LogP contribution in [0.25, 0.3) is 10.9 Å². The number of nitrogens with one attached hydrogen (secondary N) is 3. The molecule has 0 spiro atoms. The molecule has 0 saturated carbocycles. The number of para-hydroxylation sites is 1. The molecule has 2 rings (SSSR count). The van der Waals surface area contributed by atoms with Gasteiger partial charge in [0.15, 0.2) is 0 Å². The number of aromatic nitrogens is 1. The highest BCUT2D eigenvalue weighted by atomic mass is 16.4. The molecule has 0 fully saturated rings. The summed E-state index contributed by atoms with van der Waals surface area (Å²) >= 11 is 0. The van der Waals surface area contributed by atoms with Crippen LogP contribution < -0.4 is 16.4 Å². The van der Waals surface area contributed by atoms with Gasteiger partial charge in [-0.2, -0.15) is 0 Å². The zero-order valence-electron chi connectivity index (χ0n) is 17.4. The third-order valence-corrected chi connectivity index (χ3v) is 4.96. The number of carboxylic acids is 2. The van der Waals surface area contributed by atoms with Gasteiger partial charge >= 0.3 is 11.9 Å². The highest BCUT2D eigenvalue weighted by molar-refractivity contribution is 5.92. The van der Waals surface area contributed by atoms with Crippen LogP contribution in [0.1, 0.15) is 32.3 Å². The molecule has 1 aromatic heterocycles. The van der Waals surface area contributed by atoms with Crippen molar-refractivity contribution in [3.63, 3.8) is 0 Å². The van der Waals surface area contributed by atoms with Crippen molar-refractivity contribution in [1.29, 1.82) is 0 Å². The van der Waals surface area contributed by atoms with Crippen molar-refractivity contribution >= 4 is 34.7 Å². The molecule has 0 bridgehead atoms. The summed E-state index contributed by atoms with van der Waals surface area (Å²) in [4.78, 5) is 50.6. The third-order valence-electron chi connectivity index (χ3n) is 4.96. The van der Waals surface area contributed by atoms with Crippen LogP contribution in [-0.2, 0) is 25.6 Å². The normalized spacial score (nSPS) is 14.1. The molecule has 0 saturated heterocycles. The highest BCUT2D eigenvalue weighted by Gasteiger charge is 2.30. The molecule has 1 aromatic carbocycles. The maximum atomic E-state index is 12.6. The molecular formula is C21H28N4O6. The van der Waals surface area contributed by atoms with E-state index in [1.165, 1.54) is 0 Å². The number of hydrogen-bond donors (Lipinski definition) is 6. The fraction of sp³-hybridized carbons (Fsp3) is 0.429. The second kappa shape index (κ2) is 10.6. The molecule has 3 atom stereocenters. The standard InChI is InChI=1S/C21H28N4O6/c1-11(2)18(21(30)31)25-20(29)16(7-8-17(26)27)24-19(28)14(22)9-12-10-23-15-6-4-3-5-13(12)15/h3-6,10-11,14,16,18,23H,7-9,22H2,1-2H3,(H,24,28)(H,25,29)(H,26,27)(H,30,31)/t14-,16-,18+/m1/s1. The Kier molecular flexibility index (Phi) is 8.14. The number of rotatable bonds is 11. The Morgan fingerprint density at radius 3 is 2.35 bits per heavy atom. The van der Waals surface area contributed by atoms with Gasteiger partial charge in [0.2, 0.25) is 11.8 Å². The second-order valence-electron chi connectivity index (χ2n) is 7.73. The van der Waals surface area contributed by atoms with E-state index in [0.717, 1.165) is 16.5 Å².